The molecule has 0 atom stereocenters. The Morgan fingerprint density at radius 2 is 0.333 bits per heavy atom. The second kappa shape index (κ2) is 22.9. The Balaban J connectivity index is 2.93. The molecule has 0 radical (unpaired) electrons. The second-order valence-electron chi connectivity index (χ2n) is 7.65. The van der Waals surface area contributed by atoms with Crippen LogP contribution in [0.1, 0.15) is 128 Å². The molecule has 0 heterocycles. The van der Waals surface area contributed by atoms with Gasteiger partial charge < -0.3 is 11.5 Å². The fraction of sp³-hybridized carbons (Fsp3) is 1.00. The molecule has 2 heteroatoms. The molecule has 0 fully saturated rings. The molecule has 0 saturated carbocycles. The van der Waals surface area contributed by atoms with Crippen LogP contribution >= 0.6 is 0 Å². The summed E-state index contributed by atoms with van der Waals surface area (Å²) in [5.74, 6) is 0. The van der Waals surface area contributed by atoms with Gasteiger partial charge in [-0.05, 0) is 25.9 Å². The number of nitrogens with two attached hydrogens (primary N) is 2. The summed E-state index contributed by atoms with van der Waals surface area (Å²) in [6, 6.07) is 0. The SMILES string of the molecule is NCCCCCCCCCCCCCCCCCCCCCCN. The van der Waals surface area contributed by atoms with Crippen molar-refractivity contribution >= 4 is 0 Å². The molecular formula is C22H48N2. The third-order valence-electron chi connectivity index (χ3n) is 5.16. The molecule has 0 aromatic rings. The van der Waals surface area contributed by atoms with Crippen LogP contribution in [0.15, 0.2) is 0 Å². The molecule has 24 heavy (non-hydrogen) atoms. The monoisotopic (exact) mass is 340 g/mol. The minimum atomic E-state index is 0.870. The lowest BCUT2D eigenvalue weighted by atomic mass is 10.0. The summed E-state index contributed by atoms with van der Waals surface area (Å²) in [5, 5.41) is 0. The molecule has 0 unspecified atom stereocenters. The van der Waals surface area contributed by atoms with Crippen molar-refractivity contribution in [3.05, 3.63) is 0 Å². The summed E-state index contributed by atoms with van der Waals surface area (Å²) < 4.78 is 0. The van der Waals surface area contributed by atoms with E-state index < -0.39 is 0 Å². The van der Waals surface area contributed by atoms with E-state index in [1.165, 1.54) is 128 Å². The van der Waals surface area contributed by atoms with Crippen LogP contribution in [0.5, 0.6) is 0 Å². The third-order valence-corrected chi connectivity index (χ3v) is 5.16. The Morgan fingerprint density at radius 1 is 0.208 bits per heavy atom. The predicted octanol–water partition coefficient (Wildman–Crippen LogP) is 6.71. The first-order valence-electron chi connectivity index (χ1n) is 11.3. The zero-order valence-electron chi connectivity index (χ0n) is 16.7. The lowest BCUT2D eigenvalue weighted by molar-refractivity contribution is 0.521. The van der Waals surface area contributed by atoms with E-state index in [0.717, 1.165) is 13.1 Å². The second-order valence-corrected chi connectivity index (χ2v) is 7.65. The average Bonchev–Trinajstić information content (AvgIpc) is 2.60. The van der Waals surface area contributed by atoms with Gasteiger partial charge in [0.05, 0.1) is 0 Å². The van der Waals surface area contributed by atoms with Crippen LogP contribution in [-0.2, 0) is 0 Å². The zero-order chi connectivity index (χ0) is 17.6. The van der Waals surface area contributed by atoms with Crippen LogP contribution in [0.2, 0.25) is 0 Å². The van der Waals surface area contributed by atoms with Crippen molar-refractivity contribution in [2.75, 3.05) is 13.1 Å². The summed E-state index contributed by atoms with van der Waals surface area (Å²) in [4.78, 5) is 0. The number of hydrogen-bond acceptors (Lipinski definition) is 2. The van der Waals surface area contributed by atoms with Gasteiger partial charge in [0.2, 0.25) is 0 Å². The van der Waals surface area contributed by atoms with E-state index in [-0.39, 0.29) is 0 Å². The normalized spacial score (nSPS) is 11.2. The molecule has 0 bridgehead atoms. The Bertz CT molecular complexity index is 184. The van der Waals surface area contributed by atoms with Crippen LogP contribution in [0.25, 0.3) is 0 Å². The quantitative estimate of drug-likeness (QED) is 0.228. The molecule has 2 nitrogen and oxygen atoms in total. The van der Waals surface area contributed by atoms with Gasteiger partial charge in [-0.15, -0.1) is 0 Å². The summed E-state index contributed by atoms with van der Waals surface area (Å²) >= 11 is 0. The maximum atomic E-state index is 5.51. The molecule has 0 spiro atoms. The smallest absolute Gasteiger partial charge is 0.00773 e. The highest BCUT2D eigenvalue weighted by molar-refractivity contribution is 4.51. The Kier molecular flexibility index (Phi) is 22.8. The van der Waals surface area contributed by atoms with Gasteiger partial charge in [0.1, 0.15) is 0 Å². The molecule has 0 amide bonds. The highest BCUT2D eigenvalue weighted by Gasteiger charge is 1.95. The lowest BCUT2D eigenvalue weighted by Gasteiger charge is -2.04. The van der Waals surface area contributed by atoms with E-state index in [2.05, 4.69) is 0 Å². The average molecular weight is 341 g/mol. The fourth-order valence-electron chi connectivity index (χ4n) is 3.47. The van der Waals surface area contributed by atoms with Gasteiger partial charge in [-0.3, -0.25) is 0 Å². The first-order chi connectivity index (χ1) is 11.9. The highest BCUT2D eigenvalue weighted by atomic mass is 14.5. The fourth-order valence-corrected chi connectivity index (χ4v) is 3.47. The van der Waals surface area contributed by atoms with Gasteiger partial charge in [-0.1, -0.05) is 116 Å². The van der Waals surface area contributed by atoms with Gasteiger partial charge >= 0.3 is 0 Å². The molecule has 0 saturated heterocycles. The van der Waals surface area contributed by atoms with E-state index in [4.69, 9.17) is 11.5 Å². The summed E-state index contributed by atoms with van der Waals surface area (Å²) in [5.41, 5.74) is 11.0. The molecule has 0 rings (SSSR count). The molecule has 0 aliphatic carbocycles. The minimum absolute atomic E-state index is 0.870. The molecule has 4 N–H and O–H groups in total. The molecule has 0 aromatic heterocycles. The summed E-state index contributed by atoms with van der Waals surface area (Å²) in [6.07, 6.45) is 28.2. The standard InChI is InChI=1S/C22H48N2/c23-21-19-17-15-13-11-9-7-5-3-1-2-4-6-8-10-12-14-16-18-20-22-24/h1-24H2. The van der Waals surface area contributed by atoms with E-state index in [9.17, 15) is 0 Å². The largest absolute Gasteiger partial charge is 0.330 e. The van der Waals surface area contributed by atoms with Crippen molar-refractivity contribution in [2.24, 2.45) is 11.5 Å². The van der Waals surface area contributed by atoms with Crippen LogP contribution in [0.4, 0.5) is 0 Å². The van der Waals surface area contributed by atoms with Gasteiger partial charge in [-0.2, -0.15) is 0 Å². The number of unbranched alkanes of at least 4 members (excludes halogenated alkanes) is 19. The van der Waals surface area contributed by atoms with Crippen LogP contribution in [0.3, 0.4) is 0 Å². The Hall–Kier alpha value is -0.0800. The maximum absolute atomic E-state index is 5.51. The number of rotatable bonds is 21. The number of hydrogen-bond donors (Lipinski definition) is 2. The van der Waals surface area contributed by atoms with Crippen molar-refractivity contribution in [1.29, 1.82) is 0 Å². The Morgan fingerprint density at radius 3 is 0.458 bits per heavy atom. The zero-order valence-corrected chi connectivity index (χ0v) is 16.7. The lowest BCUT2D eigenvalue weighted by Crippen LogP contribution is -1.97. The van der Waals surface area contributed by atoms with Crippen molar-refractivity contribution in [3.63, 3.8) is 0 Å². The van der Waals surface area contributed by atoms with E-state index in [1.807, 2.05) is 0 Å². The third kappa shape index (κ3) is 21.9. The van der Waals surface area contributed by atoms with Crippen LogP contribution in [0, 0.1) is 0 Å². The maximum Gasteiger partial charge on any atom is -0.00773 e. The molecule has 0 aromatic carbocycles. The van der Waals surface area contributed by atoms with Crippen molar-refractivity contribution in [2.45, 2.75) is 128 Å². The van der Waals surface area contributed by atoms with Gasteiger partial charge in [0, 0.05) is 0 Å². The van der Waals surface area contributed by atoms with E-state index in [1.54, 1.807) is 0 Å². The first-order valence-corrected chi connectivity index (χ1v) is 11.3. The topological polar surface area (TPSA) is 52.0 Å². The van der Waals surface area contributed by atoms with E-state index in [0.29, 0.717) is 0 Å². The summed E-state index contributed by atoms with van der Waals surface area (Å²) in [7, 11) is 0. The predicted molar refractivity (Wildman–Crippen MR) is 110 cm³/mol. The van der Waals surface area contributed by atoms with Gasteiger partial charge in [0.15, 0.2) is 0 Å². The molecular weight excluding hydrogens is 292 g/mol. The van der Waals surface area contributed by atoms with Crippen molar-refractivity contribution < 1.29 is 0 Å². The minimum Gasteiger partial charge on any atom is -0.330 e. The highest BCUT2D eigenvalue weighted by Crippen LogP contribution is 2.14. The molecule has 146 valence electrons. The summed E-state index contributed by atoms with van der Waals surface area (Å²) in [6.45, 7) is 1.74. The van der Waals surface area contributed by atoms with Crippen molar-refractivity contribution in [3.8, 4) is 0 Å². The molecule has 0 aliphatic heterocycles. The first kappa shape index (κ1) is 23.9. The van der Waals surface area contributed by atoms with Crippen LogP contribution in [-0.4, -0.2) is 13.1 Å². The van der Waals surface area contributed by atoms with Gasteiger partial charge in [0.25, 0.3) is 0 Å². The van der Waals surface area contributed by atoms with E-state index >= 15 is 0 Å². The molecule has 0 aliphatic rings. The van der Waals surface area contributed by atoms with Crippen molar-refractivity contribution in [1.82, 2.24) is 0 Å². The Labute approximate surface area is 153 Å². The van der Waals surface area contributed by atoms with Crippen LogP contribution < -0.4 is 11.5 Å². The van der Waals surface area contributed by atoms with Gasteiger partial charge in [-0.25, -0.2) is 0 Å².